The summed E-state index contributed by atoms with van der Waals surface area (Å²) < 4.78 is 0. The molecule has 4 rings (SSSR count). The molecule has 0 aliphatic heterocycles. The highest BCUT2D eigenvalue weighted by atomic mass is 16.3. The number of aromatic hydroxyl groups is 1. The van der Waals surface area contributed by atoms with E-state index in [1.165, 1.54) is 0 Å². The summed E-state index contributed by atoms with van der Waals surface area (Å²) >= 11 is 0. The van der Waals surface area contributed by atoms with Gasteiger partial charge >= 0.3 is 0 Å². The lowest BCUT2D eigenvalue weighted by molar-refractivity contribution is -0.147. The molecule has 3 aliphatic carbocycles. The van der Waals surface area contributed by atoms with E-state index in [1.54, 1.807) is 0 Å². The van der Waals surface area contributed by atoms with Gasteiger partial charge in [-0.15, -0.1) is 0 Å². The highest BCUT2D eigenvalue weighted by Crippen LogP contribution is 2.53. The van der Waals surface area contributed by atoms with E-state index in [-0.39, 0.29) is 29.7 Å². The minimum Gasteiger partial charge on any atom is -0.508 e. The fraction of sp³-hybridized carbons (Fsp3) is 0.435. The standard InChI is InChI=1S/C23H26N2O7/c1-4-9-7-13(25(2)3)12-6-10-5-11-8-14(26)17(22(24)31)21(30)23(11,32)20(29)15(10)19(28)16(12)18(9)27/h7,10-11,27-28,30,32H,4-6,8H2,1-3H3,(H2,24,31). The molecule has 3 atom stereocenters. The Morgan fingerprint density at radius 1 is 1.22 bits per heavy atom. The molecule has 0 saturated heterocycles. The number of carbonyl (C=O) groups excluding carboxylic acids is 3. The van der Waals surface area contributed by atoms with E-state index in [1.807, 2.05) is 32.0 Å². The van der Waals surface area contributed by atoms with Crippen molar-refractivity contribution in [3.63, 3.8) is 0 Å². The minimum absolute atomic E-state index is 0.117. The molecule has 9 nitrogen and oxygen atoms in total. The summed E-state index contributed by atoms with van der Waals surface area (Å²) in [5.74, 6) is -6.14. The number of rotatable bonds is 3. The van der Waals surface area contributed by atoms with Crippen molar-refractivity contribution in [3.8, 4) is 5.75 Å². The van der Waals surface area contributed by atoms with Crippen LogP contribution in [0.4, 0.5) is 5.69 Å². The number of phenols is 1. The van der Waals surface area contributed by atoms with Crippen LogP contribution in [0.25, 0.3) is 5.76 Å². The number of benzene rings is 1. The maximum absolute atomic E-state index is 13.5. The SMILES string of the molecule is CCc1cc(N(C)C)c2c(c1O)C(O)=C1C(=O)C3(O)C(O)=C(C(N)=O)C(=O)CC3CC1C2. The van der Waals surface area contributed by atoms with Gasteiger partial charge in [-0.05, 0) is 42.4 Å². The lowest BCUT2D eigenvalue weighted by Gasteiger charge is -2.46. The number of nitrogens with two attached hydrogens (primary N) is 1. The number of aliphatic hydroxyl groups is 3. The van der Waals surface area contributed by atoms with Crippen molar-refractivity contribution in [1.82, 2.24) is 0 Å². The predicted molar refractivity (Wildman–Crippen MR) is 115 cm³/mol. The van der Waals surface area contributed by atoms with E-state index < -0.39 is 52.0 Å². The zero-order valence-corrected chi connectivity index (χ0v) is 18.1. The molecule has 1 amide bonds. The van der Waals surface area contributed by atoms with Gasteiger partial charge in [-0.3, -0.25) is 14.4 Å². The number of nitrogens with zero attached hydrogens (tertiary/aromatic N) is 1. The summed E-state index contributed by atoms with van der Waals surface area (Å²) in [5.41, 5.74) is 3.88. The van der Waals surface area contributed by atoms with Crippen LogP contribution < -0.4 is 10.6 Å². The van der Waals surface area contributed by atoms with Crippen molar-refractivity contribution in [2.45, 2.75) is 38.2 Å². The van der Waals surface area contributed by atoms with Crippen LogP contribution in [-0.2, 0) is 27.2 Å². The zero-order chi connectivity index (χ0) is 23.7. The summed E-state index contributed by atoms with van der Waals surface area (Å²) in [6, 6.07) is 1.84. The molecule has 1 aromatic rings. The molecule has 0 spiro atoms. The normalized spacial score (nSPS) is 27.1. The van der Waals surface area contributed by atoms with Crippen molar-refractivity contribution < 1.29 is 34.8 Å². The van der Waals surface area contributed by atoms with Crippen molar-refractivity contribution >= 4 is 28.9 Å². The van der Waals surface area contributed by atoms with Crippen LogP contribution in [0, 0.1) is 11.8 Å². The predicted octanol–water partition coefficient (Wildman–Crippen LogP) is 1.05. The average Bonchev–Trinajstić information content (AvgIpc) is 2.70. The molecule has 32 heavy (non-hydrogen) atoms. The maximum Gasteiger partial charge on any atom is 0.255 e. The Kier molecular flexibility index (Phi) is 4.85. The van der Waals surface area contributed by atoms with Crippen LogP contribution in [0.3, 0.4) is 0 Å². The molecule has 170 valence electrons. The Morgan fingerprint density at radius 3 is 2.44 bits per heavy atom. The Labute approximate surface area is 184 Å². The average molecular weight is 442 g/mol. The van der Waals surface area contributed by atoms with Crippen LogP contribution in [0.15, 0.2) is 23.0 Å². The van der Waals surface area contributed by atoms with Gasteiger partial charge in [0.2, 0.25) is 5.78 Å². The number of phenolic OH excluding ortho intramolecular Hbond substituents is 1. The first-order chi connectivity index (χ1) is 14.9. The maximum atomic E-state index is 13.5. The number of fused-ring (bicyclic) bond motifs is 3. The first-order valence-electron chi connectivity index (χ1n) is 10.5. The van der Waals surface area contributed by atoms with Crippen molar-refractivity contribution in [1.29, 1.82) is 0 Å². The van der Waals surface area contributed by atoms with Gasteiger partial charge in [0.1, 0.15) is 22.8 Å². The number of hydrogen-bond donors (Lipinski definition) is 5. The Morgan fingerprint density at radius 2 is 1.88 bits per heavy atom. The Hall–Kier alpha value is -3.33. The molecule has 1 saturated carbocycles. The summed E-state index contributed by atoms with van der Waals surface area (Å²) in [5, 5.41) is 43.8. The van der Waals surface area contributed by atoms with Gasteiger partial charge in [0, 0.05) is 37.7 Å². The third kappa shape index (κ3) is 2.70. The van der Waals surface area contributed by atoms with E-state index in [2.05, 4.69) is 0 Å². The molecule has 0 radical (unpaired) electrons. The summed E-state index contributed by atoms with van der Waals surface area (Å²) in [7, 11) is 3.67. The summed E-state index contributed by atoms with van der Waals surface area (Å²) in [4.78, 5) is 39.4. The smallest absolute Gasteiger partial charge is 0.255 e. The Balaban J connectivity index is 1.97. The van der Waals surface area contributed by atoms with Gasteiger partial charge in [-0.25, -0.2) is 0 Å². The number of carbonyl (C=O) groups is 3. The fourth-order valence-corrected chi connectivity index (χ4v) is 5.39. The second-order valence-electron chi connectivity index (χ2n) is 8.91. The summed E-state index contributed by atoms with van der Waals surface area (Å²) in [6.45, 7) is 1.85. The molecule has 0 heterocycles. The lowest BCUT2D eigenvalue weighted by atomic mass is 9.59. The number of ketones is 2. The highest BCUT2D eigenvalue weighted by Gasteiger charge is 2.60. The third-order valence-corrected chi connectivity index (χ3v) is 6.98. The number of hydrogen-bond acceptors (Lipinski definition) is 8. The molecular formula is C23H26N2O7. The summed E-state index contributed by atoms with van der Waals surface area (Å²) in [6.07, 6.45) is 0.563. The molecule has 1 aromatic carbocycles. The molecular weight excluding hydrogens is 416 g/mol. The van der Waals surface area contributed by atoms with Crippen LogP contribution in [0.1, 0.15) is 36.5 Å². The molecule has 3 aliphatic rings. The second kappa shape index (κ2) is 7.09. The quantitative estimate of drug-likeness (QED) is 0.434. The van der Waals surface area contributed by atoms with E-state index in [9.17, 15) is 34.8 Å². The van der Waals surface area contributed by atoms with E-state index in [4.69, 9.17) is 5.73 Å². The van der Waals surface area contributed by atoms with E-state index in [0.29, 0.717) is 24.0 Å². The number of Topliss-reactive ketones (excluding diaryl/α,β-unsaturated/α-hetero) is 2. The van der Waals surface area contributed by atoms with Gasteiger partial charge < -0.3 is 31.1 Å². The molecule has 3 unspecified atom stereocenters. The highest BCUT2D eigenvalue weighted by molar-refractivity contribution is 6.22. The first-order valence-corrected chi connectivity index (χ1v) is 10.5. The van der Waals surface area contributed by atoms with Crippen molar-refractivity contribution in [2.75, 3.05) is 19.0 Å². The molecule has 1 fully saturated rings. The van der Waals surface area contributed by atoms with Crippen molar-refractivity contribution in [2.24, 2.45) is 17.6 Å². The van der Waals surface area contributed by atoms with Crippen LogP contribution in [0.2, 0.25) is 0 Å². The van der Waals surface area contributed by atoms with Gasteiger partial charge in [-0.2, -0.15) is 0 Å². The topological polar surface area (TPSA) is 161 Å². The zero-order valence-electron chi connectivity index (χ0n) is 18.1. The van der Waals surface area contributed by atoms with Crippen LogP contribution in [0.5, 0.6) is 5.75 Å². The largest absolute Gasteiger partial charge is 0.508 e. The molecule has 6 N–H and O–H groups in total. The number of aliphatic hydroxyl groups excluding tert-OH is 2. The van der Waals surface area contributed by atoms with Crippen LogP contribution >= 0.6 is 0 Å². The number of aryl methyl sites for hydroxylation is 1. The van der Waals surface area contributed by atoms with E-state index >= 15 is 0 Å². The fourth-order valence-electron chi connectivity index (χ4n) is 5.39. The van der Waals surface area contributed by atoms with Gasteiger partial charge in [-0.1, -0.05) is 6.92 Å². The number of anilines is 1. The second-order valence-corrected chi connectivity index (χ2v) is 8.91. The number of amides is 1. The minimum atomic E-state index is -2.54. The molecule has 0 aromatic heterocycles. The lowest BCUT2D eigenvalue weighted by Crippen LogP contribution is -2.58. The number of primary amides is 1. The monoisotopic (exact) mass is 442 g/mol. The van der Waals surface area contributed by atoms with Gasteiger partial charge in [0.25, 0.3) is 5.91 Å². The van der Waals surface area contributed by atoms with Crippen molar-refractivity contribution in [3.05, 3.63) is 39.7 Å². The first kappa shape index (κ1) is 21.9. The molecule has 9 heteroatoms. The van der Waals surface area contributed by atoms with Gasteiger partial charge in [0.15, 0.2) is 11.4 Å². The third-order valence-electron chi connectivity index (χ3n) is 6.98. The Bertz CT molecular complexity index is 1150. The van der Waals surface area contributed by atoms with Crippen LogP contribution in [-0.4, -0.2) is 57.6 Å². The molecule has 0 bridgehead atoms. The van der Waals surface area contributed by atoms with Gasteiger partial charge in [0.05, 0.1) is 5.56 Å². The van der Waals surface area contributed by atoms with E-state index in [0.717, 1.165) is 5.69 Å².